The smallest absolute Gasteiger partial charge is 0.288 e. The number of nitrogens with one attached hydrogen (secondary N) is 3. The van der Waals surface area contributed by atoms with Gasteiger partial charge in [0.1, 0.15) is 5.69 Å². The Hall–Kier alpha value is -3.28. The van der Waals surface area contributed by atoms with Crippen LogP contribution in [0.1, 0.15) is 20.8 Å². The predicted octanol–water partition coefficient (Wildman–Crippen LogP) is 1.86. The summed E-state index contributed by atoms with van der Waals surface area (Å²) < 4.78 is 27.4. The summed E-state index contributed by atoms with van der Waals surface area (Å²) in [5.74, 6) is -1.27. The lowest BCUT2D eigenvalue weighted by Gasteiger charge is -2.13. The van der Waals surface area contributed by atoms with E-state index in [9.17, 15) is 18.0 Å². The molecule has 3 aromatic rings. The fourth-order valence-corrected chi connectivity index (χ4v) is 3.84. The number of nitrogens with zero attached hydrogens (tertiary/aromatic N) is 2. The zero-order valence-electron chi connectivity index (χ0n) is 16.1. The van der Waals surface area contributed by atoms with E-state index in [0.29, 0.717) is 10.5 Å². The van der Waals surface area contributed by atoms with Gasteiger partial charge in [0, 0.05) is 31.5 Å². The summed E-state index contributed by atoms with van der Waals surface area (Å²) in [4.78, 5) is 27.8. The maximum atomic E-state index is 12.6. The summed E-state index contributed by atoms with van der Waals surface area (Å²) in [7, 11) is -0.899. The number of H-pyrrole nitrogens is 1. The molecule has 1 aromatic heterocycles. The lowest BCUT2D eigenvalue weighted by molar-refractivity contribution is 0.0842. The number of carbonyl (C=O) groups excluding carboxylic acids is 2. The number of imidazole rings is 1. The van der Waals surface area contributed by atoms with Crippen molar-refractivity contribution >= 4 is 34.1 Å². The van der Waals surface area contributed by atoms with E-state index in [2.05, 4.69) is 15.8 Å². The molecular weight excluding hydrogens is 426 g/mol. The molecule has 0 aliphatic carbocycles. The number of benzene rings is 2. The van der Waals surface area contributed by atoms with Gasteiger partial charge in [-0.2, -0.15) is 0 Å². The highest BCUT2D eigenvalue weighted by molar-refractivity contribution is 7.89. The SMILES string of the molecule is CN(C)S(=O)(=O)c1cccc(C(=O)NNC(=O)c2c[nH]c(=S)n2-c2ccccc2)c1. The third kappa shape index (κ3) is 4.32. The number of aromatic amines is 1. The maximum absolute atomic E-state index is 12.6. The van der Waals surface area contributed by atoms with Crippen LogP contribution in [0.3, 0.4) is 0 Å². The highest BCUT2D eigenvalue weighted by Crippen LogP contribution is 2.15. The Bertz CT molecular complexity index is 1250. The van der Waals surface area contributed by atoms with E-state index < -0.39 is 21.8 Å². The second-order valence-electron chi connectivity index (χ2n) is 6.37. The van der Waals surface area contributed by atoms with E-state index in [1.165, 1.54) is 49.1 Å². The predicted molar refractivity (Wildman–Crippen MR) is 113 cm³/mol. The normalized spacial score (nSPS) is 11.3. The molecule has 2 amide bonds. The molecule has 0 fully saturated rings. The highest BCUT2D eigenvalue weighted by atomic mass is 32.2. The molecule has 1 heterocycles. The molecule has 0 unspecified atom stereocenters. The molecule has 156 valence electrons. The number of hydrazine groups is 1. The Labute approximate surface area is 178 Å². The Morgan fingerprint density at radius 1 is 1.00 bits per heavy atom. The molecular formula is C19H19N5O4S2. The van der Waals surface area contributed by atoms with Gasteiger partial charge in [0.2, 0.25) is 10.0 Å². The van der Waals surface area contributed by atoms with Crippen LogP contribution in [0, 0.1) is 4.77 Å². The van der Waals surface area contributed by atoms with Crippen LogP contribution in [0.25, 0.3) is 5.69 Å². The summed E-state index contributed by atoms with van der Waals surface area (Å²) in [5, 5.41) is 0. The molecule has 11 heteroatoms. The van der Waals surface area contributed by atoms with Crippen LogP contribution in [0.2, 0.25) is 0 Å². The van der Waals surface area contributed by atoms with Crippen molar-refractivity contribution in [3.05, 3.63) is 76.8 Å². The average molecular weight is 446 g/mol. The van der Waals surface area contributed by atoms with E-state index in [0.717, 1.165) is 4.31 Å². The number of hydrogen-bond donors (Lipinski definition) is 3. The second kappa shape index (κ2) is 8.61. The van der Waals surface area contributed by atoms with Crippen LogP contribution >= 0.6 is 12.2 Å². The molecule has 0 bridgehead atoms. The minimum absolute atomic E-state index is 0.0326. The fraction of sp³-hybridized carbons (Fsp3) is 0.105. The molecule has 2 aromatic carbocycles. The number of amides is 2. The standard InChI is InChI=1S/C19H19N5O4S2/c1-23(2)30(27,28)15-10-6-7-13(11-15)17(25)21-22-18(26)16-12-20-19(29)24(16)14-8-4-3-5-9-14/h3-12H,1-2H3,(H,20,29)(H,21,25)(H,22,26). The van der Waals surface area contributed by atoms with Gasteiger partial charge in [0.15, 0.2) is 4.77 Å². The zero-order valence-corrected chi connectivity index (χ0v) is 17.8. The third-order valence-electron chi connectivity index (χ3n) is 4.19. The molecule has 0 aliphatic heterocycles. The van der Waals surface area contributed by atoms with Crippen molar-refractivity contribution < 1.29 is 18.0 Å². The van der Waals surface area contributed by atoms with E-state index in [-0.39, 0.29) is 16.2 Å². The van der Waals surface area contributed by atoms with Gasteiger partial charge in [-0.3, -0.25) is 25.0 Å². The van der Waals surface area contributed by atoms with Gasteiger partial charge in [-0.25, -0.2) is 12.7 Å². The van der Waals surface area contributed by atoms with E-state index >= 15 is 0 Å². The minimum Gasteiger partial charge on any atom is -0.336 e. The van der Waals surface area contributed by atoms with Crippen molar-refractivity contribution in [2.45, 2.75) is 4.90 Å². The quantitative estimate of drug-likeness (QED) is 0.409. The van der Waals surface area contributed by atoms with Crippen molar-refractivity contribution in [3.63, 3.8) is 0 Å². The van der Waals surface area contributed by atoms with Crippen LogP contribution in [0.15, 0.2) is 65.7 Å². The lowest BCUT2D eigenvalue weighted by Crippen LogP contribution is -2.42. The number of sulfonamides is 1. The topological polar surface area (TPSA) is 116 Å². The van der Waals surface area contributed by atoms with Gasteiger partial charge in [-0.1, -0.05) is 24.3 Å². The zero-order chi connectivity index (χ0) is 21.9. The molecule has 0 aliphatic rings. The monoisotopic (exact) mass is 445 g/mol. The number of para-hydroxylation sites is 1. The lowest BCUT2D eigenvalue weighted by atomic mass is 10.2. The van der Waals surface area contributed by atoms with Gasteiger partial charge in [-0.05, 0) is 42.5 Å². The second-order valence-corrected chi connectivity index (χ2v) is 8.91. The van der Waals surface area contributed by atoms with Gasteiger partial charge in [0.25, 0.3) is 11.8 Å². The number of carbonyl (C=O) groups is 2. The molecule has 0 spiro atoms. The molecule has 0 saturated carbocycles. The van der Waals surface area contributed by atoms with E-state index in [1.54, 1.807) is 12.1 Å². The first-order valence-corrected chi connectivity index (χ1v) is 10.6. The van der Waals surface area contributed by atoms with Gasteiger partial charge >= 0.3 is 0 Å². The summed E-state index contributed by atoms with van der Waals surface area (Å²) in [6, 6.07) is 14.5. The number of aromatic nitrogens is 2. The molecule has 9 nitrogen and oxygen atoms in total. The summed E-state index contributed by atoms with van der Waals surface area (Å²) >= 11 is 5.24. The van der Waals surface area contributed by atoms with Crippen molar-refractivity contribution in [2.75, 3.05) is 14.1 Å². The van der Waals surface area contributed by atoms with Crippen LogP contribution < -0.4 is 10.9 Å². The summed E-state index contributed by atoms with van der Waals surface area (Å²) in [5.41, 5.74) is 5.55. The first-order chi connectivity index (χ1) is 14.2. The Morgan fingerprint density at radius 2 is 1.67 bits per heavy atom. The van der Waals surface area contributed by atoms with E-state index in [1.807, 2.05) is 18.2 Å². The van der Waals surface area contributed by atoms with Crippen LogP contribution in [-0.4, -0.2) is 48.2 Å². The Balaban J connectivity index is 1.77. The first kappa shape index (κ1) is 21.4. The van der Waals surface area contributed by atoms with Crippen molar-refractivity contribution in [1.29, 1.82) is 0 Å². The largest absolute Gasteiger partial charge is 0.336 e. The fourth-order valence-electron chi connectivity index (χ4n) is 2.63. The maximum Gasteiger partial charge on any atom is 0.288 e. The third-order valence-corrected chi connectivity index (χ3v) is 6.30. The summed E-state index contributed by atoms with van der Waals surface area (Å²) in [6.07, 6.45) is 1.43. The van der Waals surface area contributed by atoms with Crippen molar-refractivity contribution in [3.8, 4) is 5.69 Å². The number of hydrogen-bond acceptors (Lipinski definition) is 5. The number of rotatable bonds is 5. The molecule has 0 saturated heterocycles. The molecule has 30 heavy (non-hydrogen) atoms. The molecule has 0 atom stereocenters. The Morgan fingerprint density at radius 3 is 2.33 bits per heavy atom. The van der Waals surface area contributed by atoms with Crippen LogP contribution in [0.5, 0.6) is 0 Å². The van der Waals surface area contributed by atoms with Crippen molar-refractivity contribution in [2.24, 2.45) is 0 Å². The molecule has 3 N–H and O–H groups in total. The minimum atomic E-state index is -3.69. The molecule has 3 rings (SSSR count). The highest BCUT2D eigenvalue weighted by Gasteiger charge is 2.19. The van der Waals surface area contributed by atoms with Crippen LogP contribution in [-0.2, 0) is 10.0 Å². The molecule has 0 radical (unpaired) electrons. The summed E-state index contributed by atoms with van der Waals surface area (Å²) in [6.45, 7) is 0. The van der Waals surface area contributed by atoms with Gasteiger partial charge < -0.3 is 4.98 Å². The van der Waals surface area contributed by atoms with Crippen LogP contribution in [0.4, 0.5) is 0 Å². The Kier molecular flexibility index (Phi) is 6.15. The van der Waals surface area contributed by atoms with Crippen molar-refractivity contribution in [1.82, 2.24) is 24.7 Å². The average Bonchev–Trinajstić information content (AvgIpc) is 3.13. The van der Waals surface area contributed by atoms with Gasteiger partial charge in [0.05, 0.1) is 4.90 Å². The first-order valence-electron chi connectivity index (χ1n) is 8.71. The van der Waals surface area contributed by atoms with E-state index in [4.69, 9.17) is 12.2 Å². The van der Waals surface area contributed by atoms with Gasteiger partial charge in [-0.15, -0.1) is 0 Å².